The van der Waals surface area contributed by atoms with Crippen LogP contribution in [-0.2, 0) is 20.6 Å². The van der Waals surface area contributed by atoms with E-state index in [0.717, 1.165) is 0 Å². The van der Waals surface area contributed by atoms with Crippen LogP contribution in [0.3, 0.4) is 0 Å². The number of aliphatic hydroxyl groups is 2. The third kappa shape index (κ3) is 8.88. The molecule has 0 aromatic carbocycles. The second-order valence-corrected chi connectivity index (χ2v) is 6.90. The standard InChI is InChI=1S/C12H20N5O8P.2Na/c13-12-15-10-9(11(20)16-12)14-5-17(10)1-8(25-3-7(19)2-18)4-24-6-26(21,22)23;;/h5,7-8,18-19H,1-4,6H2,(H2,21,22,23)(H3,13,15,16,20);;/q;2*+1/p-2/t7?,8-;;/m1../s1. The summed E-state index contributed by atoms with van der Waals surface area (Å²) in [4.78, 5) is 43.2. The topological polar surface area (TPSA) is 212 Å². The molecule has 2 atom stereocenters. The molecule has 0 spiro atoms. The van der Waals surface area contributed by atoms with Crippen LogP contribution in [0, 0.1) is 0 Å². The average Bonchev–Trinajstić information content (AvgIpc) is 2.94. The van der Waals surface area contributed by atoms with Gasteiger partial charge in [-0.15, -0.1) is 0 Å². The molecule has 146 valence electrons. The summed E-state index contributed by atoms with van der Waals surface area (Å²) >= 11 is 0. The second-order valence-electron chi connectivity index (χ2n) is 5.42. The molecule has 0 radical (unpaired) electrons. The van der Waals surface area contributed by atoms with Gasteiger partial charge >= 0.3 is 59.1 Å². The van der Waals surface area contributed by atoms with Gasteiger partial charge in [-0.05, 0) is 7.60 Å². The first kappa shape index (κ1) is 28.1. The Morgan fingerprint density at radius 2 is 2.04 bits per heavy atom. The minimum Gasteiger partial charge on any atom is -0.809 e. The van der Waals surface area contributed by atoms with E-state index in [9.17, 15) is 24.3 Å². The Morgan fingerprint density at radius 3 is 2.64 bits per heavy atom. The van der Waals surface area contributed by atoms with Gasteiger partial charge in [0.15, 0.2) is 11.2 Å². The first-order valence-corrected chi connectivity index (χ1v) is 9.12. The van der Waals surface area contributed by atoms with Gasteiger partial charge in [0.25, 0.3) is 5.56 Å². The van der Waals surface area contributed by atoms with Crippen LogP contribution in [0.25, 0.3) is 11.2 Å². The van der Waals surface area contributed by atoms with Gasteiger partial charge in [-0.1, -0.05) is 0 Å². The Hall–Kier alpha value is 0.140. The molecule has 0 aliphatic rings. The number of nitrogen functional groups attached to an aromatic ring is 1. The molecule has 0 saturated heterocycles. The molecule has 2 heterocycles. The van der Waals surface area contributed by atoms with Crippen molar-refractivity contribution in [2.45, 2.75) is 18.8 Å². The second kappa shape index (κ2) is 12.7. The summed E-state index contributed by atoms with van der Waals surface area (Å²) in [6, 6.07) is 0. The largest absolute Gasteiger partial charge is 1.00 e. The van der Waals surface area contributed by atoms with Crippen molar-refractivity contribution in [2.75, 3.05) is 31.9 Å². The molecule has 2 aromatic heterocycles. The van der Waals surface area contributed by atoms with Crippen molar-refractivity contribution >= 4 is 24.7 Å². The molecule has 0 aliphatic carbocycles. The maximum absolute atomic E-state index is 11.8. The fourth-order valence-corrected chi connectivity index (χ4v) is 2.40. The van der Waals surface area contributed by atoms with Crippen molar-refractivity contribution in [3.8, 4) is 0 Å². The number of hydrogen-bond donors (Lipinski definition) is 4. The third-order valence-corrected chi connectivity index (χ3v) is 3.68. The van der Waals surface area contributed by atoms with Crippen molar-refractivity contribution in [1.29, 1.82) is 0 Å². The van der Waals surface area contributed by atoms with Crippen LogP contribution >= 0.6 is 7.60 Å². The number of rotatable bonds is 10. The maximum atomic E-state index is 11.8. The first-order valence-electron chi connectivity index (χ1n) is 7.39. The van der Waals surface area contributed by atoms with Crippen LogP contribution in [0.5, 0.6) is 0 Å². The Balaban J connectivity index is 0.00000364. The minimum absolute atomic E-state index is 0. The van der Waals surface area contributed by atoms with E-state index in [1.807, 2.05) is 0 Å². The Labute approximate surface area is 203 Å². The van der Waals surface area contributed by atoms with Gasteiger partial charge in [0.1, 0.15) is 6.10 Å². The molecule has 0 bridgehead atoms. The van der Waals surface area contributed by atoms with Crippen molar-refractivity contribution < 1.29 is 93.2 Å². The summed E-state index contributed by atoms with van der Waals surface area (Å²) in [5.74, 6) is -0.118. The number of aromatic amines is 1. The molecule has 0 amide bonds. The molecule has 0 fully saturated rings. The third-order valence-electron chi connectivity index (χ3n) is 3.18. The van der Waals surface area contributed by atoms with E-state index in [1.54, 1.807) is 0 Å². The summed E-state index contributed by atoms with van der Waals surface area (Å²) < 4.78 is 22.3. The van der Waals surface area contributed by atoms with Crippen molar-refractivity contribution in [3.05, 3.63) is 16.7 Å². The summed E-state index contributed by atoms with van der Waals surface area (Å²) in [5, 5.41) is 18.2. The summed E-state index contributed by atoms with van der Waals surface area (Å²) in [5.41, 5.74) is 5.18. The van der Waals surface area contributed by atoms with E-state index >= 15 is 0 Å². The smallest absolute Gasteiger partial charge is 0.809 e. The molecule has 5 N–H and O–H groups in total. The molecule has 0 saturated carbocycles. The van der Waals surface area contributed by atoms with E-state index in [4.69, 9.17) is 20.3 Å². The number of imidazole rings is 1. The maximum Gasteiger partial charge on any atom is 1.00 e. The Bertz CT molecular complexity index is 843. The summed E-state index contributed by atoms with van der Waals surface area (Å²) in [6.45, 7) is -1.09. The number of H-pyrrole nitrogens is 1. The number of fused-ring (bicyclic) bond motifs is 1. The molecule has 16 heteroatoms. The zero-order chi connectivity index (χ0) is 19.3. The van der Waals surface area contributed by atoms with E-state index in [2.05, 4.69) is 15.0 Å². The number of nitrogens with two attached hydrogens (primary N) is 1. The van der Waals surface area contributed by atoms with E-state index in [0.29, 0.717) is 0 Å². The predicted molar refractivity (Wildman–Crippen MR) is 83.8 cm³/mol. The fraction of sp³-hybridized carbons (Fsp3) is 0.583. The number of nitrogens with one attached hydrogen (secondary N) is 1. The monoisotopic (exact) mass is 437 g/mol. The van der Waals surface area contributed by atoms with Gasteiger partial charge in [0.05, 0.1) is 45.1 Å². The van der Waals surface area contributed by atoms with Crippen molar-refractivity contribution in [3.63, 3.8) is 0 Å². The normalized spacial score (nSPS) is 13.6. The van der Waals surface area contributed by atoms with Crippen LogP contribution in [0.4, 0.5) is 5.95 Å². The van der Waals surface area contributed by atoms with Crippen LogP contribution in [0.15, 0.2) is 11.1 Å². The molecular formula is C12H18N5Na2O8P. The van der Waals surface area contributed by atoms with E-state index in [1.165, 1.54) is 10.9 Å². The van der Waals surface area contributed by atoms with E-state index < -0.39 is 38.3 Å². The number of anilines is 1. The molecule has 0 aliphatic heterocycles. The first-order chi connectivity index (χ1) is 12.2. The summed E-state index contributed by atoms with van der Waals surface area (Å²) in [6.07, 6.45) is -1.70. The molecular weight excluding hydrogens is 419 g/mol. The Kier molecular flexibility index (Phi) is 12.8. The Morgan fingerprint density at radius 1 is 1.36 bits per heavy atom. The number of ether oxygens (including phenoxy) is 2. The fourth-order valence-electron chi connectivity index (χ4n) is 2.07. The minimum atomic E-state index is -4.85. The van der Waals surface area contributed by atoms with Gasteiger partial charge < -0.3 is 44.3 Å². The zero-order valence-corrected chi connectivity index (χ0v) is 20.4. The number of aliphatic hydroxyl groups excluding tert-OH is 2. The zero-order valence-electron chi connectivity index (χ0n) is 15.5. The molecule has 2 aromatic rings. The molecule has 28 heavy (non-hydrogen) atoms. The van der Waals surface area contributed by atoms with Crippen molar-refractivity contribution in [2.24, 2.45) is 0 Å². The predicted octanol–water partition coefficient (Wildman–Crippen LogP) is -9.66. The molecule has 2 rings (SSSR count). The molecule has 1 unspecified atom stereocenters. The summed E-state index contributed by atoms with van der Waals surface area (Å²) in [7, 11) is -4.85. The van der Waals surface area contributed by atoms with E-state index in [-0.39, 0.29) is 96.0 Å². The molecule has 13 nitrogen and oxygen atoms in total. The SMILES string of the molecule is Nc1nc2c(ncn2C[C@H](COCP(=O)([O-])[O-])OCC(O)CO)c(=O)[nH]1.[Na+].[Na+]. The quantitative estimate of drug-likeness (QED) is 0.202. The average molecular weight is 437 g/mol. The number of hydrogen-bond acceptors (Lipinski definition) is 11. The van der Waals surface area contributed by atoms with Gasteiger partial charge in [-0.25, -0.2) is 4.98 Å². The van der Waals surface area contributed by atoms with Gasteiger partial charge in [0.2, 0.25) is 5.95 Å². The van der Waals surface area contributed by atoms with Gasteiger partial charge in [-0.2, -0.15) is 4.98 Å². The number of aromatic nitrogens is 4. The number of nitrogens with zero attached hydrogens (tertiary/aromatic N) is 3. The van der Waals surface area contributed by atoms with Crippen LogP contribution in [-0.4, -0.2) is 68.1 Å². The van der Waals surface area contributed by atoms with Gasteiger partial charge in [-0.3, -0.25) is 9.78 Å². The van der Waals surface area contributed by atoms with Crippen LogP contribution in [0.2, 0.25) is 0 Å². The van der Waals surface area contributed by atoms with Crippen LogP contribution < -0.4 is 80.2 Å². The van der Waals surface area contributed by atoms with Crippen LogP contribution in [0.1, 0.15) is 0 Å². The van der Waals surface area contributed by atoms with Crippen molar-refractivity contribution in [1.82, 2.24) is 19.5 Å². The van der Waals surface area contributed by atoms with Gasteiger partial charge in [0, 0.05) is 0 Å².